The Morgan fingerprint density at radius 1 is 1.42 bits per heavy atom. The first-order valence-electron chi connectivity index (χ1n) is 6.17. The summed E-state index contributed by atoms with van der Waals surface area (Å²) in [5.41, 5.74) is -0.910. The third-order valence-corrected chi connectivity index (χ3v) is 5.11. The van der Waals surface area contributed by atoms with Crippen LogP contribution in [0.15, 0.2) is 0 Å². The zero-order valence-corrected chi connectivity index (χ0v) is 12.0. The predicted molar refractivity (Wildman–Crippen MR) is 69.7 cm³/mol. The fourth-order valence-electron chi connectivity index (χ4n) is 1.88. The molecule has 0 aromatic heterocycles. The molecule has 1 atom stereocenters. The molecule has 7 nitrogen and oxygen atoms in total. The van der Waals surface area contributed by atoms with Crippen LogP contribution in [0.2, 0.25) is 0 Å². The Morgan fingerprint density at radius 3 is 2.53 bits per heavy atom. The van der Waals surface area contributed by atoms with Gasteiger partial charge in [0.25, 0.3) is 0 Å². The lowest BCUT2D eigenvalue weighted by molar-refractivity contribution is -0.146. The summed E-state index contributed by atoms with van der Waals surface area (Å²) in [5.74, 6) is -0.973. The molecule has 0 saturated carbocycles. The number of hydrogen-bond acceptors (Lipinski definition) is 4. The molecule has 0 bridgehead atoms. The lowest BCUT2D eigenvalue weighted by Gasteiger charge is -2.20. The van der Waals surface area contributed by atoms with Gasteiger partial charge in [-0.3, -0.25) is 4.79 Å². The fraction of sp³-hybridized carbons (Fsp3) is 0.818. The molecule has 19 heavy (non-hydrogen) atoms. The Hall–Kier alpha value is -1.31. The highest BCUT2D eigenvalue weighted by atomic mass is 32.2. The summed E-state index contributed by atoms with van der Waals surface area (Å²) in [5, 5.41) is 11.6. The van der Waals surface area contributed by atoms with Crippen molar-refractivity contribution in [3.8, 4) is 0 Å². The van der Waals surface area contributed by atoms with Crippen LogP contribution >= 0.6 is 0 Å². The molecule has 1 unspecified atom stereocenters. The SMILES string of the molecule is CCS(=O)(=O)CCNC(=O)N1CCC(C)(C(=O)O)C1. The zero-order valence-electron chi connectivity index (χ0n) is 11.2. The molecular formula is C11H20N2O5S. The summed E-state index contributed by atoms with van der Waals surface area (Å²) < 4.78 is 22.5. The van der Waals surface area contributed by atoms with Gasteiger partial charge in [0.05, 0.1) is 11.2 Å². The van der Waals surface area contributed by atoms with E-state index in [0.717, 1.165) is 0 Å². The minimum atomic E-state index is -3.10. The first kappa shape index (κ1) is 15.7. The third kappa shape index (κ3) is 4.09. The van der Waals surface area contributed by atoms with Crippen LogP contribution < -0.4 is 5.32 Å². The van der Waals surface area contributed by atoms with Crippen LogP contribution in [0, 0.1) is 5.41 Å². The van der Waals surface area contributed by atoms with Gasteiger partial charge < -0.3 is 15.3 Å². The Balaban J connectivity index is 2.43. The molecule has 0 radical (unpaired) electrons. The maximum Gasteiger partial charge on any atom is 0.317 e. The van der Waals surface area contributed by atoms with E-state index in [1.54, 1.807) is 13.8 Å². The van der Waals surface area contributed by atoms with Crippen LogP contribution in [0.1, 0.15) is 20.3 Å². The van der Waals surface area contributed by atoms with Crippen LogP contribution in [0.5, 0.6) is 0 Å². The lowest BCUT2D eigenvalue weighted by atomic mass is 9.90. The molecule has 2 N–H and O–H groups in total. The highest BCUT2D eigenvalue weighted by Gasteiger charge is 2.42. The molecule has 1 fully saturated rings. The van der Waals surface area contributed by atoms with Crippen LogP contribution in [-0.2, 0) is 14.6 Å². The molecule has 1 heterocycles. The second-order valence-corrected chi connectivity index (χ2v) is 7.48. The van der Waals surface area contributed by atoms with Gasteiger partial charge in [0, 0.05) is 25.4 Å². The van der Waals surface area contributed by atoms with E-state index < -0.39 is 27.3 Å². The summed E-state index contributed by atoms with van der Waals surface area (Å²) in [6.45, 7) is 3.72. The van der Waals surface area contributed by atoms with Crippen molar-refractivity contribution < 1.29 is 23.1 Å². The number of aliphatic carboxylic acids is 1. The van der Waals surface area contributed by atoms with E-state index in [4.69, 9.17) is 5.11 Å². The van der Waals surface area contributed by atoms with Crippen molar-refractivity contribution in [2.75, 3.05) is 31.1 Å². The first-order valence-corrected chi connectivity index (χ1v) is 7.99. The van der Waals surface area contributed by atoms with Gasteiger partial charge in [0.1, 0.15) is 0 Å². The molecule has 1 rings (SSSR count). The molecule has 8 heteroatoms. The first-order chi connectivity index (χ1) is 8.70. The van der Waals surface area contributed by atoms with Crippen molar-refractivity contribution in [3.63, 3.8) is 0 Å². The van der Waals surface area contributed by atoms with Crippen molar-refractivity contribution in [2.45, 2.75) is 20.3 Å². The molecule has 110 valence electrons. The third-order valence-electron chi connectivity index (χ3n) is 3.41. The highest BCUT2D eigenvalue weighted by Crippen LogP contribution is 2.29. The smallest absolute Gasteiger partial charge is 0.317 e. The molecule has 2 amide bonds. The molecule has 1 saturated heterocycles. The molecular weight excluding hydrogens is 272 g/mol. The summed E-state index contributed by atoms with van der Waals surface area (Å²) in [6, 6.07) is -0.406. The van der Waals surface area contributed by atoms with Crippen molar-refractivity contribution in [3.05, 3.63) is 0 Å². The quantitative estimate of drug-likeness (QED) is 0.738. The molecule has 0 spiro atoms. The molecule has 0 aromatic rings. The van der Waals surface area contributed by atoms with Gasteiger partial charge in [-0.15, -0.1) is 0 Å². The Morgan fingerprint density at radius 2 is 2.05 bits per heavy atom. The summed E-state index contributed by atoms with van der Waals surface area (Å²) in [4.78, 5) is 24.2. The molecule has 1 aliphatic rings. The lowest BCUT2D eigenvalue weighted by Crippen LogP contribution is -2.42. The van der Waals surface area contributed by atoms with E-state index in [1.165, 1.54) is 4.90 Å². The van der Waals surface area contributed by atoms with Crippen LogP contribution in [-0.4, -0.2) is 61.6 Å². The second kappa shape index (κ2) is 5.77. The Bertz CT molecular complexity index is 462. The summed E-state index contributed by atoms with van der Waals surface area (Å²) in [7, 11) is -3.10. The number of nitrogens with one attached hydrogen (secondary N) is 1. The van der Waals surface area contributed by atoms with Gasteiger partial charge in [-0.2, -0.15) is 0 Å². The van der Waals surface area contributed by atoms with E-state index in [1.807, 2.05) is 0 Å². The van der Waals surface area contributed by atoms with E-state index in [2.05, 4.69) is 5.32 Å². The second-order valence-electron chi connectivity index (χ2n) is 5.01. The zero-order chi connectivity index (χ0) is 14.7. The molecule has 0 aromatic carbocycles. The number of amides is 2. The molecule has 1 aliphatic heterocycles. The van der Waals surface area contributed by atoms with Crippen LogP contribution in [0.4, 0.5) is 4.79 Å². The number of rotatable bonds is 5. The topological polar surface area (TPSA) is 104 Å². The highest BCUT2D eigenvalue weighted by molar-refractivity contribution is 7.91. The maximum atomic E-state index is 11.8. The molecule has 0 aliphatic carbocycles. The van der Waals surface area contributed by atoms with E-state index in [-0.39, 0.29) is 24.6 Å². The fourth-order valence-corrected chi connectivity index (χ4v) is 2.58. The van der Waals surface area contributed by atoms with E-state index in [0.29, 0.717) is 13.0 Å². The van der Waals surface area contributed by atoms with Crippen molar-refractivity contribution in [1.82, 2.24) is 10.2 Å². The van der Waals surface area contributed by atoms with Gasteiger partial charge >= 0.3 is 12.0 Å². The Labute approximate surface area is 112 Å². The predicted octanol–water partition coefficient (Wildman–Crippen LogP) is -0.0727. The number of sulfone groups is 1. The van der Waals surface area contributed by atoms with E-state index in [9.17, 15) is 18.0 Å². The number of urea groups is 1. The number of likely N-dealkylation sites (tertiary alicyclic amines) is 1. The number of carbonyl (C=O) groups excluding carboxylic acids is 1. The number of carbonyl (C=O) groups is 2. The van der Waals surface area contributed by atoms with Gasteiger partial charge in [-0.05, 0) is 13.3 Å². The van der Waals surface area contributed by atoms with Gasteiger partial charge in [-0.1, -0.05) is 6.92 Å². The van der Waals surface area contributed by atoms with E-state index >= 15 is 0 Å². The Kier molecular flexibility index (Phi) is 4.78. The van der Waals surface area contributed by atoms with Crippen molar-refractivity contribution in [2.24, 2.45) is 5.41 Å². The largest absolute Gasteiger partial charge is 0.481 e. The number of hydrogen-bond donors (Lipinski definition) is 2. The monoisotopic (exact) mass is 292 g/mol. The summed E-state index contributed by atoms with van der Waals surface area (Å²) in [6.07, 6.45) is 0.406. The minimum Gasteiger partial charge on any atom is -0.481 e. The number of nitrogens with zero attached hydrogens (tertiary/aromatic N) is 1. The normalized spacial score (nSPS) is 23.4. The van der Waals surface area contributed by atoms with Gasteiger partial charge in [0.15, 0.2) is 9.84 Å². The maximum absolute atomic E-state index is 11.8. The number of carboxylic acid groups (broad SMARTS) is 1. The summed E-state index contributed by atoms with van der Waals surface area (Å²) >= 11 is 0. The van der Waals surface area contributed by atoms with Gasteiger partial charge in [0.2, 0.25) is 0 Å². The van der Waals surface area contributed by atoms with Crippen molar-refractivity contribution >= 4 is 21.8 Å². The van der Waals surface area contributed by atoms with Crippen LogP contribution in [0.3, 0.4) is 0 Å². The van der Waals surface area contributed by atoms with Crippen molar-refractivity contribution in [1.29, 1.82) is 0 Å². The average Bonchev–Trinajstić information content (AvgIpc) is 2.73. The minimum absolute atomic E-state index is 0.0453. The standard InChI is InChI=1S/C11H20N2O5S/c1-3-19(17,18)7-5-12-10(16)13-6-4-11(2,8-13)9(14)15/h3-8H2,1-2H3,(H,12,16)(H,14,15). The number of carboxylic acids is 1. The van der Waals surface area contributed by atoms with Crippen LogP contribution in [0.25, 0.3) is 0 Å². The van der Waals surface area contributed by atoms with Gasteiger partial charge in [-0.25, -0.2) is 13.2 Å². The average molecular weight is 292 g/mol.